The van der Waals surface area contributed by atoms with Crippen molar-refractivity contribution >= 4 is 11.8 Å². The fourth-order valence-corrected chi connectivity index (χ4v) is 3.86. The van der Waals surface area contributed by atoms with Gasteiger partial charge in [-0.2, -0.15) is 0 Å². The average molecular weight is 362 g/mol. The van der Waals surface area contributed by atoms with E-state index in [1.807, 2.05) is 11.0 Å². The van der Waals surface area contributed by atoms with Crippen molar-refractivity contribution in [2.24, 2.45) is 0 Å². The number of nitrogens with zero attached hydrogens (tertiary/aromatic N) is 2. The number of hydrogen-bond donors (Lipinski definition) is 2. The summed E-state index contributed by atoms with van der Waals surface area (Å²) in [6.07, 6.45) is 1.80. The molecule has 0 aliphatic carbocycles. The Morgan fingerprint density at radius 1 is 1.35 bits per heavy atom. The number of amides is 2. The summed E-state index contributed by atoms with van der Waals surface area (Å²) < 4.78 is 13.6. The molecule has 2 aliphatic heterocycles. The Labute approximate surface area is 153 Å². The molecule has 0 saturated carbocycles. The van der Waals surface area contributed by atoms with Gasteiger partial charge >= 0.3 is 0 Å². The lowest BCUT2D eigenvalue weighted by atomic mass is 10.0. The van der Waals surface area contributed by atoms with E-state index in [-0.39, 0.29) is 29.7 Å². The second kappa shape index (κ2) is 8.60. The first-order valence-electron chi connectivity index (χ1n) is 9.28. The van der Waals surface area contributed by atoms with E-state index >= 15 is 0 Å². The van der Waals surface area contributed by atoms with Crippen molar-refractivity contribution < 1.29 is 14.0 Å². The van der Waals surface area contributed by atoms with Crippen LogP contribution in [0, 0.1) is 5.82 Å². The zero-order valence-corrected chi connectivity index (χ0v) is 15.2. The molecule has 2 amide bonds. The molecule has 0 bridgehead atoms. The number of carbonyl (C=O) groups excluding carboxylic acids is 2. The third kappa shape index (κ3) is 4.80. The molecule has 7 heteroatoms. The van der Waals surface area contributed by atoms with Crippen molar-refractivity contribution in [3.63, 3.8) is 0 Å². The Hall–Kier alpha value is -1.99. The average Bonchev–Trinajstić information content (AvgIpc) is 2.62. The van der Waals surface area contributed by atoms with Crippen molar-refractivity contribution in [3.05, 3.63) is 35.6 Å². The molecule has 2 atom stereocenters. The van der Waals surface area contributed by atoms with E-state index in [0.29, 0.717) is 19.6 Å². The lowest BCUT2D eigenvalue weighted by molar-refractivity contribution is -0.135. The predicted octanol–water partition coefficient (Wildman–Crippen LogP) is 0.899. The second-order valence-corrected chi connectivity index (χ2v) is 7.12. The fraction of sp³-hybridized carbons (Fsp3) is 0.579. The number of nitrogens with one attached hydrogen (secondary N) is 2. The molecule has 2 fully saturated rings. The van der Waals surface area contributed by atoms with E-state index in [1.165, 1.54) is 13.0 Å². The Kier molecular flexibility index (Phi) is 6.21. The zero-order chi connectivity index (χ0) is 18.5. The van der Waals surface area contributed by atoms with Gasteiger partial charge in [0.25, 0.3) is 0 Å². The van der Waals surface area contributed by atoms with Crippen LogP contribution in [-0.4, -0.2) is 66.9 Å². The topological polar surface area (TPSA) is 64.7 Å². The summed E-state index contributed by atoms with van der Waals surface area (Å²) in [7, 11) is 0. The standard InChI is InChI=1S/C19H27FN4O2/c1-14(25)22-17-6-3-8-24(12-17)19(26)13-23-9-7-21-11-18(23)15-4-2-5-16(20)10-15/h2,4-5,10,17-18,21H,3,6-9,11-13H2,1H3,(H,22,25). The minimum absolute atomic E-state index is 0.0145. The third-order valence-corrected chi connectivity index (χ3v) is 5.11. The van der Waals surface area contributed by atoms with Crippen LogP contribution in [0.1, 0.15) is 31.4 Å². The summed E-state index contributed by atoms with van der Waals surface area (Å²) in [5.41, 5.74) is 0.889. The summed E-state index contributed by atoms with van der Waals surface area (Å²) in [6.45, 7) is 5.37. The van der Waals surface area contributed by atoms with Crippen molar-refractivity contribution in [3.8, 4) is 0 Å². The number of likely N-dealkylation sites (tertiary alicyclic amines) is 1. The van der Waals surface area contributed by atoms with Gasteiger partial charge in [-0.25, -0.2) is 4.39 Å². The molecule has 1 aromatic carbocycles. The van der Waals surface area contributed by atoms with Gasteiger partial charge in [0.2, 0.25) is 11.8 Å². The highest BCUT2D eigenvalue weighted by molar-refractivity contribution is 5.79. The molecule has 2 aliphatic rings. The minimum atomic E-state index is -0.256. The monoisotopic (exact) mass is 362 g/mol. The minimum Gasteiger partial charge on any atom is -0.352 e. The van der Waals surface area contributed by atoms with Crippen molar-refractivity contribution in [1.82, 2.24) is 20.4 Å². The third-order valence-electron chi connectivity index (χ3n) is 5.11. The molecule has 3 rings (SSSR count). The van der Waals surface area contributed by atoms with Crippen LogP contribution in [0.4, 0.5) is 4.39 Å². The van der Waals surface area contributed by atoms with Crippen LogP contribution in [0.15, 0.2) is 24.3 Å². The highest BCUT2D eigenvalue weighted by Gasteiger charge is 2.29. The van der Waals surface area contributed by atoms with E-state index in [0.717, 1.165) is 38.0 Å². The quantitative estimate of drug-likeness (QED) is 0.835. The lowest BCUT2D eigenvalue weighted by Gasteiger charge is -2.39. The summed E-state index contributed by atoms with van der Waals surface area (Å²) in [6, 6.07) is 6.62. The van der Waals surface area contributed by atoms with Crippen LogP contribution in [0.25, 0.3) is 0 Å². The largest absolute Gasteiger partial charge is 0.352 e. The van der Waals surface area contributed by atoms with Crippen molar-refractivity contribution in [2.75, 3.05) is 39.3 Å². The van der Waals surface area contributed by atoms with Crippen molar-refractivity contribution in [1.29, 1.82) is 0 Å². The van der Waals surface area contributed by atoms with Gasteiger partial charge in [0, 0.05) is 51.7 Å². The molecule has 1 aromatic rings. The van der Waals surface area contributed by atoms with Crippen LogP contribution < -0.4 is 10.6 Å². The SMILES string of the molecule is CC(=O)NC1CCCN(C(=O)CN2CCNCC2c2cccc(F)c2)C1. The first-order valence-corrected chi connectivity index (χ1v) is 9.28. The van der Waals surface area contributed by atoms with Crippen LogP contribution >= 0.6 is 0 Å². The Bertz CT molecular complexity index is 654. The van der Waals surface area contributed by atoms with Crippen LogP contribution in [0.5, 0.6) is 0 Å². The maximum Gasteiger partial charge on any atom is 0.236 e. The molecule has 2 heterocycles. The molecule has 26 heavy (non-hydrogen) atoms. The maximum atomic E-state index is 13.6. The van der Waals surface area contributed by atoms with E-state index in [4.69, 9.17) is 0 Å². The molecule has 2 N–H and O–H groups in total. The Balaban J connectivity index is 1.63. The van der Waals surface area contributed by atoms with Gasteiger partial charge in [0.1, 0.15) is 5.82 Å². The molecule has 2 saturated heterocycles. The van der Waals surface area contributed by atoms with E-state index in [2.05, 4.69) is 15.5 Å². The molecule has 2 unspecified atom stereocenters. The van der Waals surface area contributed by atoms with E-state index in [9.17, 15) is 14.0 Å². The number of carbonyl (C=O) groups is 2. The van der Waals surface area contributed by atoms with Crippen LogP contribution in [-0.2, 0) is 9.59 Å². The number of hydrogen-bond acceptors (Lipinski definition) is 4. The highest BCUT2D eigenvalue weighted by Crippen LogP contribution is 2.23. The molecular weight excluding hydrogens is 335 g/mol. The molecule has 6 nitrogen and oxygen atoms in total. The van der Waals surface area contributed by atoms with Gasteiger partial charge in [-0.05, 0) is 30.5 Å². The van der Waals surface area contributed by atoms with Crippen molar-refractivity contribution in [2.45, 2.75) is 31.8 Å². The number of piperazine rings is 1. The number of rotatable bonds is 4. The van der Waals surface area contributed by atoms with Gasteiger partial charge in [-0.3, -0.25) is 14.5 Å². The van der Waals surface area contributed by atoms with Gasteiger partial charge in [-0.15, -0.1) is 0 Å². The number of benzene rings is 1. The maximum absolute atomic E-state index is 13.6. The first kappa shape index (κ1) is 18.8. The molecule has 142 valence electrons. The molecule has 0 radical (unpaired) electrons. The summed E-state index contributed by atoms with van der Waals surface area (Å²) in [5, 5.41) is 6.24. The summed E-state index contributed by atoms with van der Waals surface area (Å²) in [5.74, 6) is -0.241. The molecule has 0 spiro atoms. The highest BCUT2D eigenvalue weighted by atomic mass is 19.1. The van der Waals surface area contributed by atoms with Gasteiger partial charge in [-0.1, -0.05) is 12.1 Å². The normalized spacial score (nSPS) is 24.3. The Morgan fingerprint density at radius 2 is 2.19 bits per heavy atom. The van der Waals surface area contributed by atoms with Crippen LogP contribution in [0.2, 0.25) is 0 Å². The molecule has 0 aromatic heterocycles. The van der Waals surface area contributed by atoms with E-state index < -0.39 is 0 Å². The number of piperidine rings is 1. The van der Waals surface area contributed by atoms with Gasteiger partial charge in [0.15, 0.2) is 0 Å². The van der Waals surface area contributed by atoms with Crippen LogP contribution in [0.3, 0.4) is 0 Å². The second-order valence-electron chi connectivity index (χ2n) is 7.12. The first-order chi connectivity index (χ1) is 12.5. The molecular formula is C19H27FN4O2. The van der Waals surface area contributed by atoms with Gasteiger partial charge in [0.05, 0.1) is 6.54 Å². The predicted molar refractivity (Wildman–Crippen MR) is 97.0 cm³/mol. The summed E-state index contributed by atoms with van der Waals surface area (Å²) in [4.78, 5) is 28.1. The van der Waals surface area contributed by atoms with Gasteiger partial charge < -0.3 is 15.5 Å². The lowest BCUT2D eigenvalue weighted by Crippen LogP contribution is -2.54. The van der Waals surface area contributed by atoms with E-state index in [1.54, 1.807) is 12.1 Å². The summed E-state index contributed by atoms with van der Waals surface area (Å²) >= 11 is 0. The smallest absolute Gasteiger partial charge is 0.236 e. The number of halogens is 1. The zero-order valence-electron chi connectivity index (χ0n) is 15.2. The Morgan fingerprint density at radius 3 is 2.96 bits per heavy atom. The fourth-order valence-electron chi connectivity index (χ4n) is 3.86.